The van der Waals surface area contributed by atoms with Gasteiger partial charge < -0.3 is 20.1 Å². The van der Waals surface area contributed by atoms with E-state index in [0.717, 1.165) is 59.8 Å². The van der Waals surface area contributed by atoms with Crippen LogP contribution in [0.1, 0.15) is 19.3 Å². The number of rotatable bonds is 5. The van der Waals surface area contributed by atoms with Crippen molar-refractivity contribution in [2.45, 2.75) is 19.3 Å². The van der Waals surface area contributed by atoms with Crippen LogP contribution in [0.25, 0.3) is 28.0 Å². The van der Waals surface area contributed by atoms with Crippen molar-refractivity contribution in [2.75, 3.05) is 37.9 Å². The Bertz CT molecular complexity index is 1230. The van der Waals surface area contributed by atoms with Crippen LogP contribution in [0.4, 0.5) is 11.8 Å². The van der Waals surface area contributed by atoms with E-state index >= 15 is 0 Å². The molecule has 4 aromatic rings. The molecule has 0 atom stereocenters. The molecule has 3 heterocycles. The summed E-state index contributed by atoms with van der Waals surface area (Å²) >= 11 is 0. The minimum atomic E-state index is 0.501. The fraction of sp³-hybridized carbons (Fsp3) is 0.292. The molecule has 2 aromatic carbocycles. The highest BCUT2D eigenvalue weighted by molar-refractivity contribution is 5.99. The highest BCUT2D eigenvalue weighted by atomic mass is 16.5. The molecule has 0 bridgehead atoms. The molecule has 32 heavy (non-hydrogen) atoms. The van der Waals surface area contributed by atoms with Crippen LogP contribution in [0.3, 0.4) is 0 Å². The molecular formula is C24H26N6O2. The number of ether oxygens (including phenoxy) is 2. The van der Waals surface area contributed by atoms with E-state index in [9.17, 15) is 0 Å². The SMILES string of the molecule is COc1ccc(-c2nc(N3CCCCC3)nc3nn(-c4ccc(OC)cc4)c(N)c23)cc1. The van der Waals surface area contributed by atoms with E-state index in [0.29, 0.717) is 17.4 Å². The minimum absolute atomic E-state index is 0.501. The van der Waals surface area contributed by atoms with Crippen LogP contribution >= 0.6 is 0 Å². The van der Waals surface area contributed by atoms with Crippen molar-refractivity contribution in [3.05, 3.63) is 48.5 Å². The summed E-state index contributed by atoms with van der Waals surface area (Å²) in [6, 6.07) is 15.4. The third kappa shape index (κ3) is 3.57. The first-order chi connectivity index (χ1) is 15.7. The summed E-state index contributed by atoms with van der Waals surface area (Å²) in [5.41, 5.74) is 9.75. The van der Waals surface area contributed by atoms with E-state index in [4.69, 9.17) is 30.3 Å². The summed E-state index contributed by atoms with van der Waals surface area (Å²) < 4.78 is 12.3. The molecule has 2 N–H and O–H groups in total. The molecule has 5 rings (SSSR count). The fourth-order valence-corrected chi connectivity index (χ4v) is 4.11. The highest BCUT2D eigenvalue weighted by Gasteiger charge is 2.22. The van der Waals surface area contributed by atoms with Gasteiger partial charge in [-0.3, -0.25) is 0 Å². The predicted molar refractivity (Wildman–Crippen MR) is 126 cm³/mol. The van der Waals surface area contributed by atoms with Gasteiger partial charge in [0.05, 0.1) is 31.0 Å². The number of anilines is 2. The average molecular weight is 431 g/mol. The predicted octanol–water partition coefficient (Wildman–Crippen LogP) is 4.07. The molecule has 1 fully saturated rings. The molecule has 2 aromatic heterocycles. The van der Waals surface area contributed by atoms with E-state index in [2.05, 4.69) is 4.90 Å². The molecular weight excluding hydrogens is 404 g/mol. The standard InChI is InChI=1S/C24H26N6O2/c1-31-18-10-6-16(7-11-18)21-20-22(25)30(17-8-12-19(32-2)13-9-17)28-23(20)27-24(26-21)29-14-4-3-5-15-29/h6-13H,3-5,14-15,25H2,1-2H3. The van der Waals surface area contributed by atoms with Crippen LogP contribution in [0, 0.1) is 0 Å². The maximum atomic E-state index is 6.62. The number of aromatic nitrogens is 4. The Kier molecular flexibility index (Phi) is 5.26. The van der Waals surface area contributed by atoms with Gasteiger partial charge >= 0.3 is 0 Å². The second kappa shape index (κ2) is 8.37. The van der Waals surface area contributed by atoms with Gasteiger partial charge in [0, 0.05) is 18.7 Å². The third-order valence-corrected chi connectivity index (χ3v) is 5.88. The Hall–Kier alpha value is -3.81. The molecule has 164 valence electrons. The number of benzene rings is 2. The summed E-state index contributed by atoms with van der Waals surface area (Å²) in [6.45, 7) is 1.89. The van der Waals surface area contributed by atoms with Crippen LogP contribution < -0.4 is 20.1 Å². The summed E-state index contributed by atoms with van der Waals surface area (Å²) in [6.07, 6.45) is 3.52. The number of hydrogen-bond donors (Lipinski definition) is 1. The van der Waals surface area contributed by atoms with Crippen molar-refractivity contribution in [2.24, 2.45) is 0 Å². The Labute approximate surface area is 186 Å². The van der Waals surface area contributed by atoms with Crippen molar-refractivity contribution in [1.29, 1.82) is 0 Å². The Balaban J connectivity index is 1.69. The van der Waals surface area contributed by atoms with Gasteiger partial charge in [-0.1, -0.05) is 0 Å². The second-order valence-corrected chi connectivity index (χ2v) is 7.84. The number of piperidine rings is 1. The van der Waals surface area contributed by atoms with Crippen molar-refractivity contribution >= 4 is 22.8 Å². The zero-order valence-electron chi connectivity index (χ0n) is 18.3. The number of nitrogens with zero attached hydrogens (tertiary/aromatic N) is 5. The summed E-state index contributed by atoms with van der Waals surface area (Å²) in [4.78, 5) is 12.0. The first kappa shape index (κ1) is 20.1. The van der Waals surface area contributed by atoms with Crippen LogP contribution in [0.5, 0.6) is 11.5 Å². The lowest BCUT2D eigenvalue weighted by atomic mass is 10.1. The van der Waals surface area contributed by atoms with Gasteiger partial charge in [0.2, 0.25) is 5.95 Å². The number of nitrogen functional groups attached to an aromatic ring is 1. The molecule has 8 nitrogen and oxygen atoms in total. The van der Waals surface area contributed by atoms with Crippen molar-refractivity contribution in [3.8, 4) is 28.4 Å². The molecule has 1 aliphatic rings. The van der Waals surface area contributed by atoms with Gasteiger partial charge in [-0.2, -0.15) is 4.98 Å². The Morgan fingerprint density at radius 2 is 1.44 bits per heavy atom. The third-order valence-electron chi connectivity index (χ3n) is 5.88. The molecule has 1 aliphatic heterocycles. The molecule has 0 saturated carbocycles. The molecule has 1 saturated heterocycles. The van der Waals surface area contributed by atoms with Gasteiger partial charge in [0.1, 0.15) is 17.3 Å². The fourth-order valence-electron chi connectivity index (χ4n) is 4.11. The van der Waals surface area contributed by atoms with Crippen LogP contribution in [-0.2, 0) is 0 Å². The quantitative estimate of drug-likeness (QED) is 0.510. The molecule has 0 radical (unpaired) electrons. The number of fused-ring (bicyclic) bond motifs is 1. The summed E-state index contributed by atoms with van der Waals surface area (Å²) in [5, 5.41) is 5.50. The van der Waals surface area contributed by atoms with Gasteiger partial charge in [0.15, 0.2) is 5.65 Å². The van der Waals surface area contributed by atoms with Crippen molar-refractivity contribution in [1.82, 2.24) is 19.7 Å². The van der Waals surface area contributed by atoms with Gasteiger partial charge in [-0.15, -0.1) is 5.10 Å². The smallest absolute Gasteiger partial charge is 0.228 e. The summed E-state index contributed by atoms with van der Waals surface area (Å²) in [5.74, 6) is 2.76. The van der Waals surface area contributed by atoms with E-state index < -0.39 is 0 Å². The largest absolute Gasteiger partial charge is 0.497 e. The lowest BCUT2D eigenvalue weighted by Gasteiger charge is -2.26. The topological polar surface area (TPSA) is 91.3 Å². The van der Waals surface area contributed by atoms with Crippen LogP contribution in [0.15, 0.2) is 48.5 Å². The van der Waals surface area contributed by atoms with E-state index in [1.165, 1.54) is 6.42 Å². The van der Waals surface area contributed by atoms with E-state index in [1.807, 2.05) is 48.5 Å². The zero-order chi connectivity index (χ0) is 22.1. The second-order valence-electron chi connectivity index (χ2n) is 7.84. The minimum Gasteiger partial charge on any atom is -0.497 e. The lowest BCUT2D eigenvalue weighted by molar-refractivity contribution is 0.414. The Morgan fingerprint density at radius 1 is 0.812 bits per heavy atom. The first-order valence-electron chi connectivity index (χ1n) is 10.8. The maximum Gasteiger partial charge on any atom is 0.228 e. The Morgan fingerprint density at radius 3 is 2.06 bits per heavy atom. The van der Waals surface area contributed by atoms with Crippen LogP contribution in [0.2, 0.25) is 0 Å². The van der Waals surface area contributed by atoms with Gasteiger partial charge in [-0.25, -0.2) is 9.67 Å². The van der Waals surface area contributed by atoms with Crippen LogP contribution in [-0.4, -0.2) is 47.1 Å². The van der Waals surface area contributed by atoms with Crippen molar-refractivity contribution in [3.63, 3.8) is 0 Å². The maximum absolute atomic E-state index is 6.62. The molecule has 0 spiro atoms. The number of hydrogen-bond acceptors (Lipinski definition) is 7. The highest BCUT2D eigenvalue weighted by Crippen LogP contribution is 2.34. The van der Waals surface area contributed by atoms with Gasteiger partial charge in [-0.05, 0) is 67.8 Å². The van der Waals surface area contributed by atoms with E-state index in [-0.39, 0.29) is 0 Å². The zero-order valence-corrected chi connectivity index (χ0v) is 18.3. The first-order valence-corrected chi connectivity index (χ1v) is 10.8. The van der Waals surface area contributed by atoms with E-state index in [1.54, 1.807) is 18.9 Å². The van der Waals surface area contributed by atoms with Gasteiger partial charge in [0.25, 0.3) is 0 Å². The lowest BCUT2D eigenvalue weighted by Crippen LogP contribution is -2.31. The summed E-state index contributed by atoms with van der Waals surface area (Å²) in [7, 11) is 3.30. The number of nitrogens with two attached hydrogens (primary N) is 1. The molecule has 0 unspecified atom stereocenters. The monoisotopic (exact) mass is 430 g/mol. The molecule has 0 aliphatic carbocycles. The normalized spacial score (nSPS) is 14.0. The number of methoxy groups -OCH3 is 2. The van der Waals surface area contributed by atoms with Crippen molar-refractivity contribution < 1.29 is 9.47 Å². The average Bonchev–Trinajstić information content (AvgIpc) is 3.20. The molecule has 0 amide bonds. The molecule has 8 heteroatoms.